The smallest absolute Gasteiger partial charge is 0.270 e. The molecule has 39 heavy (non-hydrogen) atoms. The van der Waals surface area contributed by atoms with Crippen LogP contribution in [0.3, 0.4) is 0 Å². The summed E-state index contributed by atoms with van der Waals surface area (Å²) in [5.41, 5.74) is 2.80. The Hall–Kier alpha value is -3.02. The van der Waals surface area contributed by atoms with Crippen LogP contribution >= 0.6 is 24.0 Å². The molecule has 0 N–H and O–H groups in total. The summed E-state index contributed by atoms with van der Waals surface area (Å²) in [6.07, 6.45) is 3.00. The van der Waals surface area contributed by atoms with Crippen molar-refractivity contribution in [3.05, 3.63) is 88.8 Å². The molecule has 3 aromatic rings. The molecule has 1 amide bonds. The molecule has 0 saturated carbocycles. The molecule has 2 fully saturated rings. The van der Waals surface area contributed by atoms with E-state index in [1.54, 1.807) is 29.2 Å². The maximum Gasteiger partial charge on any atom is 0.270 e. The van der Waals surface area contributed by atoms with Crippen LogP contribution in [0.15, 0.2) is 82.6 Å². The van der Waals surface area contributed by atoms with Crippen LogP contribution in [0, 0.1) is 0 Å². The number of hydrogen-bond acceptors (Lipinski definition) is 8. The molecule has 2 aliphatic heterocycles. The minimum Gasteiger partial charge on any atom is -0.457 e. The van der Waals surface area contributed by atoms with Gasteiger partial charge in [-0.15, -0.1) is 0 Å². The van der Waals surface area contributed by atoms with Gasteiger partial charge in [0.25, 0.3) is 5.91 Å². The van der Waals surface area contributed by atoms with Gasteiger partial charge in [0.05, 0.1) is 15.5 Å². The molecule has 2 aliphatic rings. The molecule has 5 rings (SSSR count). The molecule has 0 unspecified atom stereocenters. The lowest BCUT2D eigenvalue weighted by Gasteiger charge is -2.32. The number of piperazine rings is 1. The molecule has 202 valence electrons. The minimum atomic E-state index is -3.26. The average Bonchev–Trinajstić information content (AvgIpc) is 3.19. The van der Waals surface area contributed by atoms with Crippen LogP contribution in [0.2, 0.25) is 0 Å². The Morgan fingerprint density at radius 3 is 2.23 bits per heavy atom. The number of thiocarbonyl (C=S) groups is 1. The van der Waals surface area contributed by atoms with Crippen molar-refractivity contribution in [2.75, 3.05) is 44.4 Å². The second-order valence-electron chi connectivity index (χ2n) is 9.68. The number of carbonyl (C=O) groups excluding carboxylic acids is 1. The molecular weight excluding hydrogens is 551 g/mol. The number of anilines is 1. The van der Waals surface area contributed by atoms with Gasteiger partial charge in [0.1, 0.15) is 11.5 Å². The fourth-order valence-corrected chi connectivity index (χ4v) is 6.35. The van der Waals surface area contributed by atoms with Gasteiger partial charge in [-0.2, -0.15) is 0 Å². The molecule has 0 bridgehead atoms. The normalized spacial score (nSPS) is 18.2. The summed E-state index contributed by atoms with van der Waals surface area (Å²) in [6, 6.07) is 21.7. The molecule has 0 aliphatic carbocycles. The Kier molecular flexibility index (Phi) is 8.20. The van der Waals surface area contributed by atoms with Crippen LogP contribution in [0.5, 0.6) is 11.5 Å². The van der Waals surface area contributed by atoms with E-state index in [1.807, 2.05) is 30.3 Å². The van der Waals surface area contributed by atoms with E-state index in [0.29, 0.717) is 20.7 Å². The van der Waals surface area contributed by atoms with Gasteiger partial charge in [-0.3, -0.25) is 14.6 Å². The SMILES string of the molecule is CN1CCN(Cc2cccc(N3C(=O)/C(=C/c4ccc(Oc5ccc(S(C)(=O)=O)cc5)cc4)SC3=S)c2)CC1. The Labute approximate surface area is 239 Å². The van der Waals surface area contributed by atoms with Gasteiger partial charge in [0.15, 0.2) is 14.2 Å². The Bertz CT molecular complexity index is 1510. The summed E-state index contributed by atoms with van der Waals surface area (Å²) in [5, 5.41) is 0. The topological polar surface area (TPSA) is 70.2 Å². The lowest BCUT2D eigenvalue weighted by atomic mass is 10.1. The first-order chi connectivity index (χ1) is 18.7. The van der Waals surface area contributed by atoms with Crippen molar-refractivity contribution in [3.63, 3.8) is 0 Å². The fourth-order valence-electron chi connectivity index (χ4n) is 4.42. The van der Waals surface area contributed by atoms with Crippen LogP contribution in [0.25, 0.3) is 6.08 Å². The minimum absolute atomic E-state index is 0.131. The first kappa shape index (κ1) is 27.5. The fraction of sp³-hybridized carbons (Fsp3) is 0.241. The van der Waals surface area contributed by atoms with E-state index < -0.39 is 9.84 Å². The molecule has 2 heterocycles. The van der Waals surface area contributed by atoms with Gasteiger partial charge in [0, 0.05) is 39.0 Å². The van der Waals surface area contributed by atoms with Crippen LogP contribution in [0.4, 0.5) is 5.69 Å². The third kappa shape index (κ3) is 6.77. The van der Waals surface area contributed by atoms with Gasteiger partial charge in [-0.1, -0.05) is 48.2 Å². The van der Waals surface area contributed by atoms with E-state index in [-0.39, 0.29) is 10.8 Å². The van der Waals surface area contributed by atoms with Gasteiger partial charge >= 0.3 is 0 Å². The number of carbonyl (C=O) groups is 1. The summed E-state index contributed by atoms with van der Waals surface area (Å²) in [4.78, 5) is 20.5. The molecule has 0 atom stereocenters. The number of benzene rings is 3. The van der Waals surface area contributed by atoms with Crippen molar-refractivity contribution >= 4 is 55.8 Å². The quantitative estimate of drug-likeness (QED) is 0.285. The molecular formula is C29H29N3O4S3. The summed E-state index contributed by atoms with van der Waals surface area (Å²) < 4.78 is 29.6. The van der Waals surface area contributed by atoms with Crippen LogP contribution in [-0.4, -0.2) is 67.9 Å². The van der Waals surface area contributed by atoms with Gasteiger partial charge in [-0.05, 0) is 72.8 Å². The van der Waals surface area contributed by atoms with Crippen molar-refractivity contribution in [3.8, 4) is 11.5 Å². The van der Waals surface area contributed by atoms with Crippen LogP contribution in [-0.2, 0) is 21.2 Å². The third-order valence-corrected chi connectivity index (χ3v) is 9.06. The van der Waals surface area contributed by atoms with E-state index in [9.17, 15) is 13.2 Å². The highest BCUT2D eigenvalue weighted by molar-refractivity contribution is 8.27. The van der Waals surface area contributed by atoms with Crippen molar-refractivity contribution in [1.82, 2.24) is 9.80 Å². The highest BCUT2D eigenvalue weighted by atomic mass is 32.2. The van der Waals surface area contributed by atoms with Gasteiger partial charge < -0.3 is 9.64 Å². The van der Waals surface area contributed by atoms with Crippen molar-refractivity contribution in [1.29, 1.82) is 0 Å². The Balaban J connectivity index is 1.25. The summed E-state index contributed by atoms with van der Waals surface area (Å²) in [5.74, 6) is 1.00. The van der Waals surface area contributed by atoms with E-state index in [1.165, 1.54) is 30.2 Å². The van der Waals surface area contributed by atoms with Crippen LogP contribution < -0.4 is 9.64 Å². The predicted molar refractivity (Wildman–Crippen MR) is 161 cm³/mol. The maximum atomic E-state index is 13.3. The van der Waals surface area contributed by atoms with E-state index in [2.05, 4.69) is 29.0 Å². The molecule has 10 heteroatoms. The average molecular weight is 580 g/mol. The second-order valence-corrected chi connectivity index (χ2v) is 13.4. The number of nitrogens with zero attached hydrogens (tertiary/aromatic N) is 3. The standard InChI is InChI=1S/C29H29N3O4S3/c1-30-14-16-31(17-15-30)20-22-4-3-5-23(18-22)32-28(33)27(38-29(32)37)19-21-6-8-24(9-7-21)36-25-10-12-26(13-11-25)39(2,34)35/h3-13,18-19H,14-17,20H2,1-2H3/b27-19-. The summed E-state index contributed by atoms with van der Waals surface area (Å²) in [6.45, 7) is 5.03. The van der Waals surface area contributed by atoms with Crippen LogP contribution in [0.1, 0.15) is 11.1 Å². The lowest BCUT2D eigenvalue weighted by molar-refractivity contribution is -0.113. The lowest BCUT2D eigenvalue weighted by Crippen LogP contribution is -2.43. The number of amides is 1. The van der Waals surface area contributed by atoms with E-state index >= 15 is 0 Å². The van der Waals surface area contributed by atoms with Crippen molar-refractivity contribution in [2.24, 2.45) is 0 Å². The number of sulfone groups is 1. The van der Waals surface area contributed by atoms with E-state index in [0.717, 1.165) is 49.5 Å². The van der Waals surface area contributed by atoms with Crippen molar-refractivity contribution in [2.45, 2.75) is 11.4 Å². The second kappa shape index (κ2) is 11.6. The molecule has 3 aromatic carbocycles. The van der Waals surface area contributed by atoms with Gasteiger partial charge in [-0.25, -0.2) is 8.42 Å². The maximum absolute atomic E-state index is 13.3. The zero-order valence-corrected chi connectivity index (χ0v) is 24.2. The highest BCUT2D eigenvalue weighted by Gasteiger charge is 2.33. The number of likely N-dealkylation sites (N-methyl/N-ethyl adjacent to an activating group) is 1. The van der Waals surface area contributed by atoms with Crippen molar-refractivity contribution < 1.29 is 17.9 Å². The Morgan fingerprint density at radius 2 is 1.59 bits per heavy atom. The molecule has 7 nitrogen and oxygen atoms in total. The predicted octanol–water partition coefficient (Wildman–Crippen LogP) is 5.04. The molecule has 2 saturated heterocycles. The van der Waals surface area contributed by atoms with E-state index in [4.69, 9.17) is 17.0 Å². The largest absolute Gasteiger partial charge is 0.457 e. The summed E-state index contributed by atoms with van der Waals surface area (Å²) in [7, 11) is -1.11. The monoisotopic (exact) mass is 579 g/mol. The highest BCUT2D eigenvalue weighted by Crippen LogP contribution is 2.36. The number of ether oxygens (including phenoxy) is 1. The zero-order chi connectivity index (χ0) is 27.6. The molecule has 0 spiro atoms. The first-order valence-corrected chi connectivity index (χ1v) is 15.6. The zero-order valence-electron chi connectivity index (χ0n) is 21.7. The number of rotatable bonds is 7. The molecule has 0 aromatic heterocycles. The third-order valence-electron chi connectivity index (χ3n) is 6.63. The first-order valence-electron chi connectivity index (χ1n) is 12.5. The van der Waals surface area contributed by atoms with Gasteiger partial charge in [0.2, 0.25) is 0 Å². The number of hydrogen-bond donors (Lipinski definition) is 0. The Morgan fingerprint density at radius 1 is 0.949 bits per heavy atom. The number of thioether (sulfide) groups is 1. The molecule has 0 radical (unpaired) electrons. The summed E-state index contributed by atoms with van der Waals surface area (Å²) >= 11 is 6.89.